The van der Waals surface area contributed by atoms with Gasteiger partial charge in [-0.05, 0) is 50.9 Å². The summed E-state index contributed by atoms with van der Waals surface area (Å²) in [6.07, 6.45) is 2.65. The van der Waals surface area contributed by atoms with Crippen LogP contribution >= 0.6 is 11.6 Å². The first-order valence-electron chi connectivity index (χ1n) is 14.7. The molecule has 2 aliphatic heterocycles. The number of halogens is 3. The van der Waals surface area contributed by atoms with Crippen LogP contribution in [0, 0.1) is 12.4 Å². The van der Waals surface area contributed by atoms with Crippen molar-refractivity contribution in [3.8, 4) is 6.01 Å². The number of benzene rings is 2. The van der Waals surface area contributed by atoms with Crippen molar-refractivity contribution >= 4 is 39.8 Å². The van der Waals surface area contributed by atoms with E-state index >= 15 is 0 Å². The van der Waals surface area contributed by atoms with Crippen molar-refractivity contribution < 1.29 is 18.3 Å². The number of hydrogen-bond acceptors (Lipinski definition) is 7. The molecule has 0 N–H and O–H groups in total. The Labute approximate surface area is 260 Å². The second-order valence-corrected chi connectivity index (χ2v) is 12.3. The van der Waals surface area contributed by atoms with Crippen LogP contribution in [0.15, 0.2) is 42.7 Å². The van der Waals surface area contributed by atoms with Crippen LogP contribution in [-0.4, -0.2) is 90.7 Å². The van der Waals surface area contributed by atoms with Gasteiger partial charge in [0.1, 0.15) is 24.3 Å². The predicted molar refractivity (Wildman–Crippen MR) is 166 cm³/mol. The molecule has 1 saturated carbocycles. The van der Waals surface area contributed by atoms with Gasteiger partial charge in [0.25, 0.3) is 5.91 Å². The van der Waals surface area contributed by atoms with Gasteiger partial charge in [0.15, 0.2) is 5.83 Å². The third-order valence-electron chi connectivity index (χ3n) is 9.10. The lowest BCUT2D eigenvalue weighted by molar-refractivity contribution is -0.131. The fraction of sp³-hybridized carbons (Fsp3) is 0.438. The molecule has 1 atom stereocenters. The number of aromatic nitrogens is 2. The average Bonchev–Trinajstić information content (AvgIpc) is 3.82. The lowest BCUT2D eigenvalue weighted by Crippen LogP contribution is -2.57. The Kier molecular flexibility index (Phi) is 8.07. The van der Waals surface area contributed by atoms with Gasteiger partial charge in [-0.3, -0.25) is 4.79 Å². The number of carbonyl (C=O) groups is 1. The minimum Gasteiger partial charge on any atom is -0.461 e. The molecule has 1 aliphatic carbocycles. The number of carbonyl (C=O) groups excluding carboxylic acids is 1. The van der Waals surface area contributed by atoms with Crippen LogP contribution in [0.2, 0.25) is 5.02 Å². The molecule has 44 heavy (non-hydrogen) atoms. The minimum atomic E-state index is -1.04. The summed E-state index contributed by atoms with van der Waals surface area (Å²) in [4.78, 5) is 33.5. The second kappa shape index (κ2) is 11.8. The zero-order valence-electron chi connectivity index (χ0n) is 24.8. The summed E-state index contributed by atoms with van der Waals surface area (Å²) in [7, 11) is 4.08. The van der Waals surface area contributed by atoms with E-state index in [1.807, 2.05) is 37.2 Å². The van der Waals surface area contributed by atoms with Crippen LogP contribution in [0.25, 0.3) is 15.6 Å². The van der Waals surface area contributed by atoms with E-state index in [0.717, 1.165) is 35.2 Å². The molecule has 3 heterocycles. The van der Waals surface area contributed by atoms with Crippen LogP contribution in [0.4, 0.5) is 20.3 Å². The summed E-state index contributed by atoms with van der Waals surface area (Å²) in [5.74, 6) is -1.59. The molecule has 6 rings (SSSR count). The van der Waals surface area contributed by atoms with Gasteiger partial charge in [-0.15, -0.1) is 0 Å². The molecule has 3 aromatic rings. The number of fused-ring (bicyclic) bond motifs is 2. The molecule has 0 radical (unpaired) electrons. The van der Waals surface area contributed by atoms with Crippen molar-refractivity contribution in [2.24, 2.45) is 0 Å². The summed E-state index contributed by atoms with van der Waals surface area (Å²) >= 11 is 6.48. The van der Waals surface area contributed by atoms with E-state index in [2.05, 4.69) is 21.2 Å². The lowest BCUT2D eigenvalue weighted by Gasteiger charge is -2.41. The molecule has 9 nitrogen and oxygen atoms in total. The Morgan fingerprint density at radius 1 is 1.20 bits per heavy atom. The van der Waals surface area contributed by atoms with Crippen LogP contribution < -0.4 is 14.5 Å². The summed E-state index contributed by atoms with van der Waals surface area (Å²) in [5, 5.41) is 1.59. The van der Waals surface area contributed by atoms with Crippen LogP contribution in [0.1, 0.15) is 24.1 Å². The molecular weight excluding hydrogens is 588 g/mol. The first kappa shape index (κ1) is 30.0. The molecule has 12 heteroatoms. The van der Waals surface area contributed by atoms with E-state index in [0.29, 0.717) is 50.4 Å². The molecule has 1 amide bonds. The number of amides is 1. The third-order valence-corrected chi connectivity index (χ3v) is 9.47. The Morgan fingerprint density at radius 3 is 2.70 bits per heavy atom. The summed E-state index contributed by atoms with van der Waals surface area (Å²) in [5.41, 5.74) is 2.51. The van der Waals surface area contributed by atoms with Crippen molar-refractivity contribution in [2.45, 2.75) is 37.4 Å². The van der Waals surface area contributed by atoms with Crippen molar-refractivity contribution in [3.05, 3.63) is 76.3 Å². The molecule has 1 saturated heterocycles. The fourth-order valence-electron chi connectivity index (χ4n) is 6.27. The van der Waals surface area contributed by atoms with Gasteiger partial charge >= 0.3 is 6.01 Å². The van der Waals surface area contributed by atoms with E-state index in [1.54, 1.807) is 6.07 Å². The highest BCUT2D eigenvalue weighted by atomic mass is 35.5. The van der Waals surface area contributed by atoms with E-state index in [4.69, 9.17) is 32.9 Å². The van der Waals surface area contributed by atoms with Gasteiger partial charge in [-0.1, -0.05) is 36.4 Å². The number of nitrogens with zero attached hydrogens (tertiary/aromatic N) is 7. The Morgan fingerprint density at radius 2 is 2.00 bits per heavy atom. The number of likely N-dealkylation sites (N-methyl/N-ethyl adjacent to an activating group) is 1. The monoisotopic (exact) mass is 621 g/mol. The topological polar surface area (TPSA) is 69.4 Å². The number of piperazine rings is 1. The maximum Gasteiger partial charge on any atom is 0.318 e. The quantitative estimate of drug-likeness (QED) is 0.262. The highest BCUT2D eigenvalue weighted by Gasteiger charge is 2.46. The smallest absolute Gasteiger partial charge is 0.318 e. The molecule has 1 aromatic heterocycles. The van der Waals surface area contributed by atoms with E-state index in [1.165, 1.54) is 11.0 Å². The van der Waals surface area contributed by atoms with E-state index in [9.17, 15) is 13.6 Å². The molecule has 2 aromatic carbocycles. The highest BCUT2D eigenvalue weighted by Crippen LogP contribution is 2.41. The first-order chi connectivity index (χ1) is 21.1. The normalized spacial score (nSPS) is 19.1. The third kappa shape index (κ3) is 5.53. The molecule has 0 unspecified atom stereocenters. The fourth-order valence-corrected chi connectivity index (χ4v) is 6.54. The van der Waals surface area contributed by atoms with Gasteiger partial charge in [0.05, 0.1) is 22.8 Å². The summed E-state index contributed by atoms with van der Waals surface area (Å²) < 4.78 is 34.6. The van der Waals surface area contributed by atoms with Crippen molar-refractivity contribution in [3.63, 3.8) is 0 Å². The average molecular weight is 622 g/mol. The first-order valence-corrected chi connectivity index (χ1v) is 15.0. The zero-order chi connectivity index (χ0) is 31.2. The number of hydrogen-bond donors (Lipinski definition) is 0. The molecule has 2 fully saturated rings. The molecular formula is C32H34ClF2N7O2. The Bertz CT molecular complexity index is 1670. The highest BCUT2D eigenvalue weighted by molar-refractivity contribution is 6.36. The zero-order valence-corrected chi connectivity index (χ0v) is 25.6. The number of rotatable bonds is 8. The molecule has 0 spiro atoms. The van der Waals surface area contributed by atoms with Crippen molar-refractivity contribution in [2.75, 3.05) is 63.2 Å². The Hall–Kier alpha value is -4.01. The molecule has 0 bridgehead atoms. The standard InChI is InChI=1S/C32H34ClF2N7O2/c1-20(34)30(43)42-15-14-41(17-22(42)16-36-2)29-23-10-13-40(26-7-5-6-21-8-9-24(35)28(33)27(21)26)18-25(23)37-31(38-29)44-19-32(11-12-32)39(3)4/h5-9,22H,1,10-19H2,3-4H3/t22-/m0/s1. The van der Waals surface area contributed by atoms with Crippen LogP contribution in [0.3, 0.4) is 0 Å². The Balaban J connectivity index is 1.36. The maximum atomic E-state index is 14.5. The van der Waals surface area contributed by atoms with E-state index < -0.39 is 23.6 Å². The van der Waals surface area contributed by atoms with Gasteiger partial charge in [-0.2, -0.15) is 9.97 Å². The SMILES string of the molecule is [C-]#[N+]C[C@H]1CN(c2nc(OCC3(N(C)C)CC3)nc3c2CCN(c2cccc4ccc(F)c(Cl)c24)C3)CCN1C(=O)C(=C)F. The van der Waals surface area contributed by atoms with Gasteiger partial charge in [0.2, 0.25) is 6.54 Å². The van der Waals surface area contributed by atoms with Crippen LogP contribution in [0.5, 0.6) is 6.01 Å². The second-order valence-electron chi connectivity index (χ2n) is 11.9. The van der Waals surface area contributed by atoms with Gasteiger partial charge in [0, 0.05) is 42.8 Å². The number of ether oxygens (including phenoxy) is 1. The largest absolute Gasteiger partial charge is 0.461 e. The van der Waals surface area contributed by atoms with Crippen molar-refractivity contribution in [1.82, 2.24) is 19.8 Å². The van der Waals surface area contributed by atoms with Crippen molar-refractivity contribution in [1.29, 1.82) is 0 Å². The summed E-state index contributed by atoms with van der Waals surface area (Å²) in [6.45, 7) is 13.1. The summed E-state index contributed by atoms with van der Waals surface area (Å²) in [6, 6.07) is 8.62. The molecule has 3 aliphatic rings. The number of anilines is 2. The lowest BCUT2D eigenvalue weighted by atomic mass is 10.0. The maximum absolute atomic E-state index is 14.5. The minimum absolute atomic E-state index is 0.0314. The van der Waals surface area contributed by atoms with Gasteiger partial charge in [-0.25, -0.2) is 15.4 Å². The van der Waals surface area contributed by atoms with Crippen LogP contribution in [-0.2, 0) is 17.8 Å². The van der Waals surface area contributed by atoms with Gasteiger partial charge < -0.3 is 29.2 Å². The predicted octanol–water partition coefficient (Wildman–Crippen LogP) is 4.88. The molecule has 230 valence electrons. The van der Waals surface area contributed by atoms with E-state index in [-0.39, 0.29) is 29.7 Å².